The summed E-state index contributed by atoms with van der Waals surface area (Å²) in [7, 11) is 0. The maximum atomic E-state index is 5.56. The van der Waals surface area contributed by atoms with E-state index in [0.717, 1.165) is 70.5 Å². The molecule has 0 spiro atoms. The van der Waals surface area contributed by atoms with Crippen molar-refractivity contribution in [2.45, 2.75) is 52.0 Å². The maximum absolute atomic E-state index is 5.56. The van der Waals surface area contributed by atoms with Gasteiger partial charge in [-0.05, 0) is 45.4 Å². The van der Waals surface area contributed by atoms with E-state index in [2.05, 4.69) is 29.0 Å². The van der Waals surface area contributed by atoms with Crippen molar-refractivity contribution in [2.24, 2.45) is 5.92 Å². The minimum atomic E-state index is 0.385. The van der Waals surface area contributed by atoms with Gasteiger partial charge in [0.15, 0.2) is 0 Å². The number of nitrogens with one attached hydrogen (secondary N) is 1. The maximum Gasteiger partial charge on any atom is 0.227 e. The molecule has 1 unspecified atom stereocenters. The van der Waals surface area contributed by atoms with Crippen LogP contribution in [0.25, 0.3) is 0 Å². The van der Waals surface area contributed by atoms with Crippen LogP contribution in [-0.2, 0) is 17.6 Å². The predicted molar refractivity (Wildman–Crippen MR) is 105 cm³/mol. The highest BCUT2D eigenvalue weighted by Crippen LogP contribution is 2.27. The Morgan fingerprint density at radius 3 is 2.65 bits per heavy atom. The van der Waals surface area contributed by atoms with Crippen LogP contribution < -0.4 is 10.2 Å². The standard InChI is InChI=1S/C20H33N5O/c1-15(2)21-19-17-5-10-24(13-16-7-12-26-14-16)11-6-18(17)22-20(23-19)25-8-3-4-9-25/h15-16H,3-14H2,1-2H3,(H,21,22,23). The van der Waals surface area contributed by atoms with E-state index >= 15 is 0 Å². The highest BCUT2D eigenvalue weighted by molar-refractivity contribution is 5.52. The summed E-state index contributed by atoms with van der Waals surface area (Å²) in [4.78, 5) is 14.9. The third-order valence-electron chi connectivity index (χ3n) is 5.78. The van der Waals surface area contributed by atoms with Gasteiger partial charge in [0, 0.05) is 57.4 Å². The van der Waals surface area contributed by atoms with Gasteiger partial charge in [0.2, 0.25) is 5.95 Å². The minimum Gasteiger partial charge on any atom is -0.381 e. The van der Waals surface area contributed by atoms with Crippen molar-refractivity contribution in [3.63, 3.8) is 0 Å². The molecule has 2 fully saturated rings. The lowest BCUT2D eigenvalue weighted by molar-refractivity contribution is 0.168. The lowest BCUT2D eigenvalue weighted by Crippen LogP contribution is -2.32. The quantitative estimate of drug-likeness (QED) is 0.871. The van der Waals surface area contributed by atoms with Gasteiger partial charge in [-0.15, -0.1) is 0 Å². The molecule has 26 heavy (non-hydrogen) atoms. The summed E-state index contributed by atoms with van der Waals surface area (Å²) in [6.07, 6.45) is 5.79. The molecule has 1 aromatic heterocycles. The van der Waals surface area contributed by atoms with Crippen molar-refractivity contribution in [1.29, 1.82) is 0 Å². The zero-order chi connectivity index (χ0) is 17.9. The molecule has 144 valence electrons. The van der Waals surface area contributed by atoms with Gasteiger partial charge >= 0.3 is 0 Å². The Labute approximate surface area is 157 Å². The first-order chi connectivity index (χ1) is 12.7. The fourth-order valence-electron chi connectivity index (χ4n) is 4.36. The molecule has 0 amide bonds. The molecule has 4 heterocycles. The summed E-state index contributed by atoms with van der Waals surface area (Å²) in [5.74, 6) is 2.70. The van der Waals surface area contributed by atoms with Gasteiger partial charge in [-0.25, -0.2) is 4.98 Å². The summed E-state index contributed by atoms with van der Waals surface area (Å²) in [6.45, 7) is 11.8. The van der Waals surface area contributed by atoms with Crippen LogP contribution in [0.1, 0.15) is 44.4 Å². The molecule has 0 aliphatic carbocycles. The third-order valence-corrected chi connectivity index (χ3v) is 5.78. The summed E-state index contributed by atoms with van der Waals surface area (Å²) >= 11 is 0. The van der Waals surface area contributed by atoms with Crippen LogP contribution in [0.15, 0.2) is 0 Å². The van der Waals surface area contributed by atoms with E-state index < -0.39 is 0 Å². The average molecular weight is 360 g/mol. The van der Waals surface area contributed by atoms with Crippen LogP contribution in [-0.4, -0.2) is 66.8 Å². The van der Waals surface area contributed by atoms with Crippen LogP contribution in [0.5, 0.6) is 0 Å². The molecule has 0 aromatic carbocycles. The van der Waals surface area contributed by atoms with E-state index in [4.69, 9.17) is 14.7 Å². The highest BCUT2D eigenvalue weighted by atomic mass is 16.5. The number of aromatic nitrogens is 2. The van der Waals surface area contributed by atoms with Gasteiger partial charge in [0.25, 0.3) is 0 Å². The minimum absolute atomic E-state index is 0.385. The lowest BCUT2D eigenvalue weighted by atomic mass is 10.1. The van der Waals surface area contributed by atoms with Gasteiger partial charge in [-0.2, -0.15) is 4.98 Å². The molecule has 4 rings (SSSR count). The molecule has 3 aliphatic heterocycles. The van der Waals surface area contributed by atoms with Crippen LogP contribution >= 0.6 is 0 Å². The first-order valence-electron chi connectivity index (χ1n) is 10.4. The molecular weight excluding hydrogens is 326 g/mol. The first-order valence-corrected chi connectivity index (χ1v) is 10.4. The summed E-state index contributed by atoms with van der Waals surface area (Å²) in [5, 5.41) is 3.60. The Morgan fingerprint density at radius 2 is 1.92 bits per heavy atom. The van der Waals surface area contributed by atoms with Crippen LogP contribution in [0.4, 0.5) is 11.8 Å². The van der Waals surface area contributed by atoms with Crippen LogP contribution in [0.2, 0.25) is 0 Å². The van der Waals surface area contributed by atoms with E-state index in [-0.39, 0.29) is 0 Å². The molecule has 0 saturated carbocycles. The molecule has 1 atom stereocenters. The first kappa shape index (κ1) is 18.0. The van der Waals surface area contributed by atoms with Crippen molar-refractivity contribution in [3.8, 4) is 0 Å². The van der Waals surface area contributed by atoms with E-state index in [9.17, 15) is 0 Å². The van der Waals surface area contributed by atoms with E-state index in [0.29, 0.717) is 12.0 Å². The molecule has 3 aliphatic rings. The second-order valence-electron chi connectivity index (χ2n) is 8.32. The summed E-state index contributed by atoms with van der Waals surface area (Å²) in [5.41, 5.74) is 2.60. The molecule has 2 saturated heterocycles. The third kappa shape index (κ3) is 4.12. The monoisotopic (exact) mass is 359 g/mol. The zero-order valence-electron chi connectivity index (χ0n) is 16.3. The van der Waals surface area contributed by atoms with Gasteiger partial charge in [-0.1, -0.05) is 0 Å². The normalized spacial score (nSPS) is 24.1. The number of fused-ring (bicyclic) bond motifs is 1. The smallest absolute Gasteiger partial charge is 0.227 e. The predicted octanol–water partition coefficient (Wildman–Crippen LogP) is 2.33. The Bertz CT molecular complexity index is 608. The van der Waals surface area contributed by atoms with E-state index in [1.807, 2.05) is 0 Å². The number of hydrogen-bond acceptors (Lipinski definition) is 6. The van der Waals surface area contributed by atoms with Crippen molar-refractivity contribution in [3.05, 3.63) is 11.3 Å². The number of anilines is 2. The Kier molecular flexibility index (Phi) is 5.60. The van der Waals surface area contributed by atoms with E-state index in [1.54, 1.807) is 0 Å². The van der Waals surface area contributed by atoms with Gasteiger partial charge in [0.05, 0.1) is 12.3 Å². The largest absolute Gasteiger partial charge is 0.381 e. The molecule has 1 aromatic rings. The van der Waals surface area contributed by atoms with Crippen molar-refractivity contribution >= 4 is 11.8 Å². The fraction of sp³-hybridized carbons (Fsp3) is 0.800. The molecule has 1 N–H and O–H groups in total. The number of nitrogens with zero attached hydrogens (tertiary/aromatic N) is 4. The summed E-state index contributed by atoms with van der Waals surface area (Å²) in [6, 6.07) is 0.385. The summed E-state index contributed by atoms with van der Waals surface area (Å²) < 4.78 is 5.56. The average Bonchev–Trinajstić information content (AvgIpc) is 3.28. The second kappa shape index (κ2) is 8.09. The second-order valence-corrected chi connectivity index (χ2v) is 8.32. The topological polar surface area (TPSA) is 53.5 Å². The van der Waals surface area contributed by atoms with Gasteiger partial charge < -0.3 is 19.9 Å². The Hall–Kier alpha value is -1.40. The van der Waals surface area contributed by atoms with Gasteiger partial charge in [-0.3, -0.25) is 0 Å². The van der Waals surface area contributed by atoms with Crippen molar-refractivity contribution in [1.82, 2.24) is 14.9 Å². The number of rotatable bonds is 5. The number of hydrogen-bond donors (Lipinski definition) is 1. The Balaban J connectivity index is 1.54. The van der Waals surface area contributed by atoms with E-state index in [1.165, 1.54) is 30.5 Å². The highest BCUT2D eigenvalue weighted by Gasteiger charge is 2.25. The zero-order valence-corrected chi connectivity index (χ0v) is 16.3. The molecular formula is C20H33N5O. The number of ether oxygens (including phenoxy) is 1. The Morgan fingerprint density at radius 1 is 1.12 bits per heavy atom. The molecule has 6 heteroatoms. The molecule has 6 nitrogen and oxygen atoms in total. The lowest BCUT2D eigenvalue weighted by Gasteiger charge is -2.22. The van der Waals surface area contributed by atoms with Crippen LogP contribution in [0.3, 0.4) is 0 Å². The van der Waals surface area contributed by atoms with Crippen LogP contribution in [0, 0.1) is 5.92 Å². The molecule has 0 radical (unpaired) electrons. The molecule has 0 bridgehead atoms. The van der Waals surface area contributed by atoms with Crippen molar-refractivity contribution in [2.75, 3.05) is 56.2 Å². The van der Waals surface area contributed by atoms with Crippen molar-refractivity contribution < 1.29 is 4.74 Å². The SMILES string of the molecule is CC(C)Nc1nc(N2CCCC2)nc2c1CCN(CC1CCOC1)CC2. The van der Waals surface area contributed by atoms with Gasteiger partial charge in [0.1, 0.15) is 5.82 Å². The fourth-order valence-corrected chi connectivity index (χ4v) is 4.36.